The Kier molecular flexibility index (Phi) is 3.15. The molecule has 1 N–H and O–H groups in total. The van der Waals surface area contributed by atoms with Crippen LogP contribution in [0.15, 0.2) is 18.2 Å². The molecular formula is C13H16FNO2. The lowest BCUT2D eigenvalue weighted by atomic mass is 9.89. The van der Waals surface area contributed by atoms with Gasteiger partial charge in [-0.2, -0.15) is 0 Å². The van der Waals surface area contributed by atoms with Crippen LogP contribution in [0, 0.1) is 5.82 Å². The van der Waals surface area contributed by atoms with Crippen molar-refractivity contribution >= 4 is 5.97 Å². The van der Waals surface area contributed by atoms with Crippen LogP contribution in [-0.2, 0) is 10.3 Å². The van der Waals surface area contributed by atoms with Crippen molar-refractivity contribution < 1.29 is 13.9 Å². The van der Waals surface area contributed by atoms with Crippen LogP contribution in [0.4, 0.5) is 4.39 Å². The number of carbonyl (C=O) groups excluding carboxylic acids is 1. The highest BCUT2D eigenvalue weighted by molar-refractivity contribution is 5.89. The van der Waals surface area contributed by atoms with E-state index in [2.05, 4.69) is 10.1 Å². The third-order valence-corrected chi connectivity index (χ3v) is 3.35. The first-order valence-electron chi connectivity index (χ1n) is 5.70. The van der Waals surface area contributed by atoms with Gasteiger partial charge in [0.15, 0.2) is 0 Å². The highest BCUT2D eigenvalue weighted by Gasteiger charge is 2.32. The van der Waals surface area contributed by atoms with Crippen molar-refractivity contribution in [1.82, 2.24) is 5.32 Å². The molecule has 0 aromatic heterocycles. The fraction of sp³-hybridized carbons (Fsp3) is 0.462. The van der Waals surface area contributed by atoms with Crippen molar-refractivity contribution in [3.8, 4) is 0 Å². The number of halogens is 1. The summed E-state index contributed by atoms with van der Waals surface area (Å²) in [5.74, 6) is -0.871. The van der Waals surface area contributed by atoms with Crippen LogP contribution in [0.3, 0.4) is 0 Å². The number of hydrogen-bond acceptors (Lipinski definition) is 3. The van der Waals surface area contributed by atoms with E-state index in [4.69, 9.17) is 0 Å². The van der Waals surface area contributed by atoms with Crippen molar-refractivity contribution in [2.75, 3.05) is 13.7 Å². The van der Waals surface area contributed by atoms with Gasteiger partial charge in [0.25, 0.3) is 0 Å². The molecule has 4 heteroatoms. The van der Waals surface area contributed by atoms with Crippen LogP contribution in [0.5, 0.6) is 0 Å². The summed E-state index contributed by atoms with van der Waals surface area (Å²) in [5.41, 5.74) is 0.539. The molecule has 0 saturated carbocycles. The van der Waals surface area contributed by atoms with Crippen LogP contribution in [-0.4, -0.2) is 19.6 Å². The standard InChI is InChI=1S/C13H16FNO2/c1-13(6-3-7-15-13)10-5-4-9(8-11(10)14)12(16)17-2/h4-5,8,15H,3,6-7H2,1-2H3. The Balaban J connectivity index is 2.34. The molecule has 3 nitrogen and oxygen atoms in total. The van der Waals surface area contributed by atoms with Gasteiger partial charge in [0.1, 0.15) is 5.82 Å². The Hall–Kier alpha value is -1.42. The minimum atomic E-state index is -0.514. The first-order chi connectivity index (χ1) is 8.07. The molecule has 1 atom stereocenters. The van der Waals surface area contributed by atoms with Gasteiger partial charge < -0.3 is 10.1 Å². The molecule has 17 heavy (non-hydrogen) atoms. The van der Waals surface area contributed by atoms with E-state index in [0.29, 0.717) is 5.56 Å². The van der Waals surface area contributed by atoms with Gasteiger partial charge in [0, 0.05) is 11.1 Å². The second-order valence-corrected chi connectivity index (χ2v) is 4.55. The second-order valence-electron chi connectivity index (χ2n) is 4.55. The minimum Gasteiger partial charge on any atom is -0.465 e. The minimum absolute atomic E-state index is 0.246. The average Bonchev–Trinajstić information content (AvgIpc) is 2.75. The summed E-state index contributed by atoms with van der Waals surface area (Å²) in [5, 5.41) is 3.30. The molecule has 1 heterocycles. The Morgan fingerprint density at radius 2 is 2.29 bits per heavy atom. The monoisotopic (exact) mass is 237 g/mol. The van der Waals surface area contributed by atoms with Crippen molar-refractivity contribution in [3.05, 3.63) is 35.1 Å². The summed E-state index contributed by atoms with van der Waals surface area (Å²) >= 11 is 0. The van der Waals surface area contributed by atoms with Crippen molar-refractivity contribution in [1.29, 1.82) is 0 Å². The zero-order chi connectivity index (χ0) is 12.5. The summed E-state index contributed by atoms with van der Waals surface area (Å²) < 4.78 is 18.6. The van der Waals surface area contributed by atoms with E-state index in [0.717, 1.165) is 19.4 Å². The van der Waals surface area contributed by atoms with E-state index in [1.54, 1.807) is 12.1 Å². The van der Waals surface area contributed by atoms with Crippen molar-refractivity contribution in [3.63, 3.8) is 0 Å². The van der Waals surface area contributed by atoms with E-state index in [9.17, 15) is 9.18 Å². The summed E-state index contributed by atoms with van der Waals surface area (Å²) in [6.07, 6.45) is 1.94. The number of nitrogens with one attached hydrogen (secondary N) is 1. The van der Waals surface area contributed by atoms with E-state index in [-0.39, 0.29) is 16.9 Å². The molecule has 1 fully saturated rings. The van der Waals surface area contributed by atoms with Crippen LogP contribution in [0.1, 0.15) is 35.7 Å². The molecule has 0 aliphatic carbocycles. The molecule has 1 aliphatic heterocycles. The van der Waals surface area contributed by atoms with Crippen molar-refractivity contribution in [2.24, 2.45) is 0 Å². The molecule has 1 unspecified atom stereocenters. The predicted octanol–water partition coefficient (Wildman–Crippen LogP) is 2.21. The van der Waals surface area contributed by atoms with Crippen LogP contribution < -0.4 is 5.32 Å². The molecule has 1 saturated heterocycles. The Bertz CT molecular complexity index is 439. The quantitative estimate of drug-likeness (QED) is 0.801. The van der Waals surface area contributed by atoms with E-state index in [1.807, 2.05) is 6.92 Å². The highest BCUT2D eigenvalue weighted by atomic mass is 19.1. The molecule has 1 aromatic rings. The summed E-state index contributed by atoms with van der Waals surface area (Å²) in [6, 6.07) is 4.52. The number of hydrogen-bond donors (Lipinski definition) is 1. The van der Waals surface area contributed by atoms with Crippen molar-refractivity contribution in [2.45, 2.75) is 25.3 Å². The fourth-order valence-corrected chi connectivity index (χ4v) is 2.33. The van der Waals surface area contributed by atoms with Gasteiger partial charge in [-0.15, -0.1) is 0 Å². The lowest BCUT2D eigenvalue weighted by molar-refractivity contribution is 0.0600. The summed E-state index contributed by atoms with van der Waals surface area (Å²) in [7, 11) is 1.29. The van der Waals surface area contributed by atoms with Gasteiger partial charge in [0.05, 0.1) is 12.7 Å². The van der Waals surface area contributed by atoms with Gasteiger partial charge in [-0.3, -0.25) is 0 Å². The lowest BCUT2D eigenvalue weighted by Crippen LogP contribution is -2.34. The van der Waals surface area contributed by atoms with Gasteiger partial charge >= 0.3 is 5.97 Å². The topological polar surface area (TPSA) is 38.3 Å². The predicted molar refractivity (Wildman–Crippen MR) is 62.3 cm³/mol. The van der Waals surface area contributed by atoms with Gasteiger partial charge in [0.2, 0.25) is 0 Å². The number of esters is 1. The molecule has 0 spiro atoms. The molecule has 0 bridgehead atoms. The van der Waals surface area contributed by atoms with E-state index in [1.165, 1.54) is 13.2 Å². The van der Waals surface area contributed by atoms with Gasteiger partial charge in [-0.25, -0.2) is 9.18 Å². The number of benzene rings is 1. The third-order valence-electron chi connectivity index (χ3n) is 3.35. The maximum Gasteiger partial charge on any atom is 0.337 e. The number of rotatable bonds is 2. The maximum absolute atomic E-state index is 14.0. The Labute approximate surface area is 100.0 Å². The molecule has 2 rings (SSSR count). The Morgan fingerprint density at radius 1 is 1.53 bits per heavy atom. The SMILES string of the molecule is COC(=O)c1ccc(C2(C)CCCN2)c(F)c1. The zero-order valence-electron chi connectivity index (χ0n) is 10.0. The molecule has 0 amide bonds. The van der Waals surface area contributed by atoms with Crippen LogP contribution in [0.2, 0.25) is 0 Å². The smallest absolute Gasteiger partial charge is 0.337 e. The number of carbonyl (C=O) groups is 1. The van der Waals surface area contributed by atoms with E-state index >= 15 is 0 Å². The van der Waals surface area contributed by atoms with E-state index < -0.39 is 5.97 Å². The highest BCUT2D eigenvalue weighted by Crippen LogP contribution is 2.32. The zero-order valence-corrected chi connectivity index (χ0v) is 10.0. The fourth-order valence-electron chi connectivity index (χ4n) is 2.33. The van der Waals surface area contributed by atoms with Gasteiger partial charge in [-0.05, 0) is 38.4 Å². The third kappa shape index (κ3) is 2.17. The Morgan fingerprint density at radius 3 is 2.82 bits per heavy atom. The van der Waals surface area contributed by atoms with Gasteiger partial charge in [-0.1, -0.05) is 6.07 Å². The normalized spacial score (nSPS) is 23.7. The molecule has 1 aliphatic rings. The maximum atomic E-state index is 14.0. The summed E-state index contributed by atoms with van der Waals surface area (Å²) in [6.45, 7) is 2.88. The van der Waals surface area contributed by atoms with Crippen LogP contribution in [0.25, 0.3) is 0 Å². The number of methoxy groups -OCH3 is 1. The number of ether oxygens (including phenoxy) is 1. The first kappa shape index (κ1) is 12.0. The molecule has 0 radical (unpaired) electrons. The molecule has 92 valence electrons. The molecular weight excluding hydrogens is 221 g/mol. The lowest BCUT2D eigenvalue weighted by Gasteiger charge is -2.25. The van der Waals surface area contributed by atoms with Crippen LogP contribution >= 0.6 is 0 Å². The summed E-state index contributed by atoms with van der Waals surface area (Å²) in [4.78, 5) is 11.3. The molecule has 1 aromatic carbocycles. The average molecular weight is 237 g/mol. The second kappa shape index (κ2) is 4.45. The largest absolute Gasteiger partial charge is 0.465 e. The first-order valence-corrected chi connectivity index (χ1v) is 5.70.